The third kappa shape index (κ3) is 3.87. The zero-order chi connectivity index (χ0) is 9.02. The average Bonchev–Trinajstić information content (AvgIpc) is 1.87. The Labute approximate surface area is 69.7 Å². The normalized spacial score (nSPS) is 15.5. The first-order chi connectivity index (χ1) is 4.95. The first-order valence-electron chi connectivity index (χ1n) is 3.19. The third-order valence-corrected chi connectivity index (χ3v) is 2.49. The Bertz CT molecular complexity index is 154. The largest absolute Gasteiger partial charge is 0.369 e. The van der Waals surface area contributed by atoms with Gasteiger partial charge in [-0.25, -0.2) is 0 Å². The summed E-state index contributed by atoms with van der Waals surface area (Å²) in [5, 5.41) is -0.727. The van der Waals surface area contributed by atoms with Gasteiger partial charge in [0.2, 0.25) is 11.8 Å². The molecular weight excluding hydrogens is 164 g/mol. The Morgan fingerprint density at radius 3 is 1.55 bits per heavy atom. The van der Waals surface area contributed by atoms with Crippen molar-refractivity contribution in [1.82, 2.24) is 0 Å². The zero-order valence-corrected chi connectivity index (χ0v) is 7.35. The van der Waals surface area contributed by atoms with Crippen LogP contribution >= 0.6 is 11.8 Å². The van der Waals surface area contributed by atoms with E-state index in [-0.39, 0.29) is 10.5 Å². The van der Waals surface area contributed by atoms with E-state index < -0.39 is 11.8 Å². The number of carbonyl (C=O) groups is 2. The molecule has 0 fully saturated rings. The second kappa shape index (κ2) is 4.23. The molecule has 4 nitrogen and oxygen atoms in total. The molecule has 11 heavy (non-hydrogen) atoms. The minimum atomic E-state index is -0.428. The van der Waals surface area contributed by atoms with Crippen molar-refractivity contribution in [3.05, 3.63) is 0 Å². The molecule has 0 unspecified atom stereocenters. The first-order valence-corrected chi connectivity index (χ1v) is 4.13. The van der Waals surface area contributed by atoms with Gasteiger partial charge in [-0.15, -0.1) is 11.8 Å². The van der Waals surface area contributed by atoms with Crippen molar-refractivity contribution in [2.75, 3.05) is 0 Å². The monoisotopic (exact) mass is 176 g/mol. The van der Waals surface area contributed by atoms with Crippen molar-refractivity contribution in [3.8, 4) is 0 Å². The minimum absolute atomic E-state index is 0.363. The highest BCUT2D eigenvalue weighted by Crippen LogP contribution is 2.16. The highest BCUT2D eigenvalue weighted by molar-refractivity contribution is 8.01. The molecule has 0 saturated heterocycles. The summed E-state index contributed by atoms with van der Waals surface area (Å²) < 4.78 is 0. The van der Waals surface area contributed by atoms with Crippen LogP contribution in [0, 0.1) is 0 Å². The minimum Gasteiger partial charge on any atom is -0.369 e. The summed E-state index contributed by atoms with van der Waals surface area (Å²) in [6, 6.07) is 0. The van der Waals surface area contributed by atoms with Gasteiger partial charge in [-0.2, -0.15) is 0 Å². The Balaban J connectivity index is 3.84. The molecule has 2 atom stereocenters. The standard InChI is InChI=1S/C6H12N2O2S/c1-3(5(7)9)11-4(2)6(8)10/h3-4H,1-2H3,(H2,7,9)(H2,8,10)/t3-,4-/m1/s1. The van der Waals surface area contributed by atoms with Crippen molar-refractivity contribution in [2.45, 2.75) is 24.3 Å². The molecule has 2 amide bonds. The topological polar surface area (TPSA) is 86.2 Å². The van der Waals surface area contributed by atoms with Crippen LogP contribution in [0.2, 0.25) is 0 Å². The van der Waals surface area contributed by atoms with Crippen LogP contribution in [0.3, 0.4) is 0 Å². The number of rotatable bonds is 4. The summed E-state index contributed by atoms with van der Waals surface area (Å²) in [6.07, 6.45) is 0. The van der Waals surface area contributed by atoms with E-state index >= 15 is 0 Å². The third-order valence-electron chi connectivity index (χ3n) is 1.21. The van der Waals surface area contributed by atoms with E-state index in [4.69, 9.17) is 11.5 Å². The molecule has 5 heteroatoms. The molecule has 0 aliphatic rings. The van der Waals surface area contributed by atoms with E-state index in [1.807, 2.05) is 0 Å². The Kier molecular flexibility index (Phi) is 3.95. The maximum atomic E-state index is 10.5. The molecule has 0 aliphatic heterocycles. The fraction of sp³-hybridized carbons (Fsp3) is 0.667. The van der Waals surface area contributed by atoms with E-state index in [0.29, 0.717) is 0 Å². The van der Waals surface area contributed by atoms with Crippen molar-refractivity contribution in [3.63, 3.8) is 0 Å². The first kappa shape index (κ1) is 10.3. The Hall–Kier alpha value is -0.710. The van der Waals surface area contributed by atoms with E-state index in [9.17, 15) is 9.59 Å². The van der Waals surface area contributed by atoms with Gasteiger partial charge in [0.15, 0.2) is 0 Å². The number of amides is 2. The number of thioether (sulfide) groups is 1. The molecule has 0 radical (unpaired) electrons. The second-order valence-corrected chi connectivity index (χ2v) is 3.91. The quantitative estimate of drug-likeness (QED) is 0.603. The molecule has 4 N–H and O–H groups in total. The smallest absolute Gasteiger partial charge is 0.230 e. The number of nitrogens with two attached hydrogens (primary N) is 2. The Morgan fingerprint density at radius 2 is 1.36 bits per heavy atom. The lowest BCUT2D eigenvalue weighted by Gasteiger charge is -2.10. The lowest BCUT2D eigenvalue weighted by atomic mass is 10.4. The van der Waals surface area contributed by atoms with Crippen LogP contribution in [-0.4, -0.2) is 22.3 Å². The predicted molar refractivity (Wildman–Crippen MR) is 44.9 cm³/mol. The second-order valence-electron chi connectivity index (χ2n) is 2.23. The van der Waals surface area contributed by atoms with Crippen molar-refractivity contribution < 1.29 is 9.59 Å². The molecule has 0 rings (SSSR count). The van der Waals surface area contributed by atoms with Crippen LogP contribution < -0.4 is 11.5 Å². The molecule has 0 heterocycles. The van der Waals surface area contributed by atoms with Crippen molar-refractivity contribution >= 4 is 23.6 Å². The Morgan fingerprint density at radius 1 is 1.09 bits per heavy atom. The SMILES string of the molecule is C[C@@H](S[C@H](C)C(N)=O)C(N)=O. The van der Waals surface area contributed by atoms with E-state index in [1.54, 1.807) is 13.8 Å². The van der Waals surface area contributed by atoms with Crippen LogP contribution in [0.25, 0.3) is 0 Å². The van der Waals surface area contributed by atoms with Crippen molar-refractivity contribution in [2.24, 2.45) is 11.5 Å². The lowest BCUT2D eigenvalue weighted by molar-refractivity contribution is -0.117. The van der Waals surface area contributed by atoms with Crippen LogP contribution in [0.5, 0.6) is 0 Å². The number of hydrogen-bond acceptors (Lipinski definition) is 3. The van der Waals surface area contributed by atoms with Gasteiger partial charge < -0.3 is 11.5 Å². The van der Waals surface area contributed by atoms with Crippen molar-refractivity contribution in [1.29, 1.82) is 0 Å². The summed E-state index contributed by atoms with van der Waals surface area (Å²) >= 11 is 1.17. The molecule has 0 aliphatic carbocycles. The summed E-state index contributed by atoms with van der Waals surface area (Å²) in [6.45, 7) is 3.29. The molecule has 0 aromatic carbocycles. The maximum Gasteiger partial charge on any atom is 0.230 e. The van der Waals surface area contributed by atoms with Gasteiger partial charge in [0.05, 0.1) is 10.5 Å². The molecular formula is C6H12N2O2S. The molecule has 64 valence electrons. The number of carbonyl (C=O) groups excluding carboxylic acids is 2. The van der Waals surface area contributed by atoms with Gasteiger partial charge in [-0.1, -0.05) is 0 Å². The van der Waals surface area contributed by atoms with E-state index in [2.05, 4.69) is 0 Å². The van der Waals surface area contributed by atoms with Crippen LogP contribution in [0.15, 0.2) is 0 Å². The lowest BCUT2D eigenvalue weighted by Crippen LogP contribution is -2.29. The highest BCUT2D eigenvalue weighted by atomic mass is 32.2. The van der Waals surface area contributed by atoms with Gasteiger partial charge in [0, 0.05) is 0 Å². The van der Waals surface area contributed by atoms with Gasteiger partial charge >= 0.3 is 0 Å². The highest BCUT2D eigenvalue weighted by Gasteiger charge is 2.16. The summed E-state index contributed by atoms with van der Waals surface area (Å²) in [4.78, 5) is 21.0. The van der Waals surface area contributed by atoms with Crippen LogP contribution in [0.1, 0.15) is 13.8 Å². The van der Waals surface area contributed by atoms with Gasteiger partial charge in [0.25, 0.3) is 0 Å². The summed E-state index contributed by atoms with van der Waals surface area (Å²) in [7, 11) is 0. The average molecular weight is 176 g/mol. The van der Waals surface area contributed by atoms with Crippen LogP contribution in [-0.2, 0) is 9.59 Å². The van der Waals surface area contributed by atoms with Gasteiger partial charge in [-0.3, -0.25) is 9.59 Å². The van der Waals surface area contributed by atoms with E-state index in [1.165, 1.54) is 11.8 Å². The fourth-order valence-electron chi connectivity index (χ4n) is 0.440. The number of hydrogen-bond donors (Lipinski definition) is 2. The summed E-state index contributed by atoms with van der Waals surface area (Å²) in [5.74, 6) is -0.855. The van der Waals surface area contributed by atoms with Gasteiger partial charge in [-0.05, 0) is 13.8 Å². The fourth-order valence-corrected chi connectivity index (χ4v) is 1.32. The van der Waals surface area contributed by atoms with Crippen LogP contribution in [0.4, 0.5) is 0 Å². The molecule has 0 spiro atoms. The van der Waals surface area contributed by atoms with Gasteiger partial charge in [0.1, 0.15) is 0 Å². The zero-order valence-electron chi connectivity index (χ0n) is 6.53. The maximum absolute atomic E-state index is 10.5. The molecule has 0 bridgehead atoms. The predicted octanol–water partition coefficient (Wildman–Crippen LogP) is -0.533. The summed E-state index contributed by atoms with van der Waals surface area (Å²) in [5.41, 5.74) is 9.95. The van der Waals surface area contributed by atoms with E-state index in [0.717, 1.165) is 0 Å². The number of primary amides is 2. The molecule has 0 saturated carbocycles. The molecule has 0 aromatic heterocycles. The molecule has 0 aromatic rings.